The molecule has 1 N–H and O–H groups in total. The standard InChI is InChI=1S/C18H33NO/c1-5-6-7-8-9-10-11-12-13-19-16(3)18-14-15(2)20-17(18)4/h14,16,19H,5-13H2,1-4H3. The molecule has 1 rings (SSSR count). The zero-order chi connectivity index (χ0) is 14.8. The van der Waals surface area contributed by atoms with Crippen LogP contribution in [0.2, 0.25) is 0 Å². The van der Waals surface area contributed by atoms with Crippen LogP contribution in [0, 0.1) is 13.8 Å². The SMILES string of the molecule is CCCCCCCCCCNC(C)c1cc(C)oc1C. The first-order valence-corrected chi connectivity index (χ1v) is 8.45. The molecule has 1 unspecified atom stereocenters. The maximum absolute atomic E-state index is 5.59. The zero-order valence-corrected chi connectivity index (χ0v) is 13.9. The van der Waals surface area contributed by atoms with Crippen molar-refractivity contribution in [3.63, 3.8) is 0 Å². The van der Waals surface area contributed by atoms with Gasteiger partial charge < -0.3 is 9.73 Å². The number of hydrogen-bond donors (Lipinski definition) is 1. The molecule has 0 aliphatic heterocycles. The molecular weight excluding hydrogens is 246 g/mol. The summed E-state index contributed by atoms with van der Waals surface area (Å²) in [7, 11) is 0. The van der Waals surface area contributed by atoms with E-state index in [-0.39, 0.29) is 0 Å². The van der Waals surface area contributed by atoms with Crippen molar-refractivity contribution in [3.05, 3.63) is 23.2 Å². The van der Waals surface area contributed by atoms with Gasteiger partial charge >= 0.3 is 0 Å². The highest BCUT2D eigenvalue weighted by Crippen LogP contribution is 2.21. The van der Waals surface area contributed by atoms with E-state index >= 15 is 0 Å². The van der Waals surface area contributed by atoms with Gasteiger partial charge in [0.05, 0.1) is 0 Å². The highest BCUT2D eigenvalue weighted by atomic mass is 16.3. The fourth-order valence-corrected chi connectivity index (χ4v) is 2.77. The van der Waals surface area contributed by atoms with Crippen LogP contribution in [0.15, 0.2) is 10.5 Å². The second-order valence-corrected chi connectivity index (χ2v) is 6.02. The molecule has 0 aliphatic rings. The van der Waals surface area contributed by atoms with E-state index in [0.29, 0.717) is 6.04 Å². The Morgan fingerprint density at radius 2 is 1.60 bits per heavy atom. The minimum Gasteiger partial charge on any atom is -0.466 e. The average molecular weight is 279 g/mol. The lowest BCUT2D eigenvalue weighted by molar-refractivity contribution is 0.484. The number of aryl methyl sites for hydroxylation is 2. The summed E-state index contributed by atoms with van der Waals surface area (Å²) >= 11 is 0. The molecule has 0 spiro atoms. The van der Waals surface area contributed by atoms with Gasteiger partial charge in [0, 0.05) is 11.6 Å². The highest BCUT2D eigenvalue weighted by molar-refractivity contribution is 5.23. The Bertz CT molecular complexity index is 356. The lowest BCUT2D eigenvalue weighted by atomic mass is 10.1. The van der Waals surface area contributed by atoms with Gasteiger partial charge in [-0.2, -0.15) is 0 Å². The minimum absolute atomic E-state index is 0.400. The average Bonchev–Trinajstić information content (AvgIpc) is 2.75. The third-order valence-corrected chi connectivity index (χ3v) is 4.03. The summed E-state index contributed by atoms with van der Waals surface area (Å²) in [6.07, 6.45) is 11.0. The number of rotatable bonds is 11. The molecule has 1 heterocycles. The first-order valence-electron chi connectivity index (χ1n) is 8.45. The molecule has 0 saturated heterocycles. The Labute approximate surface area is 125 Å². The minimum atomic E-state index is 0.400. The van der Waals surface area contributed by atoms with E-state index in [1.165, 1.54) is 56.9 Å². The molecule has 0 saturated carbocycles. The van der Waals surface area contributed by atoms with Gasteiger partial charge in [-0.1, -0.05) is 51.9 Å². The topological polar surface area (TPSA) is 25.2 Å². The van der Waals surface area contributed by atoms with Gasteiger partial charge in [-0.3, -0.25) is 0 Å². The Balaban J connectivity index is 2.02. The number of unbranched alkanes of at least 4 members (excludes halogenated alkanes) is 7. The summed E-state index contributed by atoms with van der Waals surface area (Å²) in [6, 6.07) is 2.55. The Kier molecular flexibility index (Phi) is 8.68. The van der Waals surface area contributed by atoms with Crippen molar-refractivity contribution in [2.24, 2.45) is 0 Å². The van der Waals surface area contributed by atoms with Crippen LogP contribution in [0.25, 0.3) is 0 Å². The van der Waals surface area contributed by atoms with Gasteiger partial charge in [0.25, 0.3) is 0 Å². The molecule has 1 atom stereocenters. The van der Waals surface area contributed by atoms with Crippen LogP contribution in [0.5, 0.6) is 0 Å². The third kappa shape index (κ3) is 6.60. The predicted octanol–water partition coefficient (Wildman–Crippen LogP) is 5.69. The second-order valence-electron chi connectivity index (χ2n) is 6.02. The number of nitrogens with one attached hydrogen (secondary N) is 1. The molecule has 0 radical (unpaired) electrons. The summed E-state index contributed by atoms with van der Waals surface area (Å²) in [5.74, 6) is 2.07. The van der Waals surface area contributed by atoms with Gasteiger partial charge in [-0.25, -0.2) is 0 Å². The van der Waals surface area contributed by atoms with Crippen LogP contribution in [0.1, 0.15) is 88.3 Å². The van der Waals surface area contributed by atoms with E-state index in [4.69, 9.17) is 4.42 Å². The zero-order valence-electron chi connectivity index (χ0n) is 13.9. The van der Waals surface area contributed by atoms with Gasteiger partial charge in [0.15, 0.2) is 0 Å². The molecule has 1 aromatic heterocycles. The molecule has 0 fully saturated rings. The Morgan fingerprint density at radius 3 is 2.15 bits per heavy atom. The number of furan rings is 1. The molecule has 2 nitrogen and oxygen atoms in total. The van der Waals surface area contributed by atoms with Crippen molar-refractivity contribution in [2.75, 3.05) is 6.54 Å². The van der Waals surface area contributed by atoms with Gasteiger partial charge in [0.1, 0.15) is 11.5 Å². The summed E-state index contributed by atoms with van der Waals surface area (Å²) < 4.78 is 5.59. The van der Waals surface area contributed by atoms with Crippen molar-refractivity contribution in [2.45, 2.75) is 85.1 Å². The lowest BCUT2D eigenvalue weighted by Gasteiger charge is -2.12. The third-order valence-electron chi connectivity index (χ3n) is 4.03. The summed E-state index contributed by atoms with van der Waals surface area (Å²) in [5.41, 5.74) is 1.31. The summed E-state index contributed by atoms with van der Waals surface area (Å²) in [6.45, 7) is 9.68. The van der Waals surface area contributed by atoms with Crippen LogP contribution in [-0.2, 0) is 0 Å². The van der Waals surface area contributed by atoms with E-state index in [1.54, 1.807) is 0 Å². The van der Waals surface area contributed by atoms with E-state index in [1.807, 2.05) is 6.92 Å². The van der Waals surface area contributed by atoms with Crippen molar-refractivity contribution in [3.8, 4) is 0 Å². The predicted molar refractivity (Wildman–Crippen MR) is 87.2 cm³/mol. The van der Waals surface area contributed by atoms with Crippen molar-refractivity contribution < 1.29 is 4.42 Å². The Morgan fingerprint density at radius 1 is 1.00 bits per heavy atom. The maximum Gasteiger partial charge on any atom is 0.105 e. The van der Waals surface area contributed by atoms with Crippen molar-refractivity contribution >= 4 is 0 Å². The fraction of sp³-hybridized carbons (Fsp3) is 0.778. The van der Waals surface area contributed by atoms with E-state index < -0.39 is 0 Å². The van der Waals surface area contributed by atoms with E-state index in [0.717, 1.165) is 18.1 Å². The molecule has 1 aromatic rings. The summed E-state index contributed by atoms with van der Waals surface area (Å²) in [5, 5.41) is 3.60. The molecule has 0 aromatic carbocycles. The van der Waals surface area contributed by atoms with Gasteiger partial charge in [0.2, 0.25) is 0 Å². The smallest absolute Gasteiger partial charge is 0.105 e. The molecule has 0 aliphatic carbocycles. The molecule has 20 heavy (non-hydrogen) atoms. The molecule has 2 heteroatoms. The normalized spacial score (nSPS) is 12.8. The fourth-order valence-electron chi connectivity index (χ4n) is 2.77. The van der Waals surface area contributed by atoms with Crippen LogP contribution >= 0.6 is 0 Å². The maximum atomic E-state index is 5.59. The quantitative estimate of drug-likeness (QED) is 0.526. The monoisotopic (exact) mass is 279 g/mol. The molecule has 0 bridgehead atoms. The highest BCUT2D eigenvalue weighted by Gasteiger charge is 2.11. The van der Waals surface area contributed by atoms with Crippen LogP contribution in [0.4, 0.5) is 0 Å². The van der Waals surface area contributed by atoms with Crippen LogP contribution in [-0.4, -0.2) is 6.54 Å². The van der Waals surface area contributed by atoms with Gasteiger partial charge in [-0.05, 0) is 39.8 Å². The van der Waals surface area contributed by atoms with Crippen LogP contribution in [0.3, 0.4) is 0 Å². The first kappa shape index (κ1) is 17.3. The first-order chi connectivity index (χ1) is 9.65. The molecule has 0 amide bonds. The van der Waals surface area contributed by atoms with Crippen molar-refractivity contribution in [1.29, 1.82) is 0 Å². The second kappa shape index (κ2) is 10.0. The summed E-state index contributed by atoms with van der Waals surface area (Å²) in [4.78, 5) is 0. The van der Waals surface area contributed by atoms with E-state index in [9.17, 15) is 0 Å². The van der Waals surface area contributed by atoms with Crippen molar-refractivity contribution in [1.82, 2.24) is 5.32 Å². The van der Waals surface area contributed by atoms with Crippen LogP contribution < -0.4 is 5.32 Å². The van der Waals surface area contributed by atoms with Gasteiger partial charge in [-0.15, -0.1) is 0 Å². The molecular formula is C18H33NO. The van der Waals surface area contributed by atoms with E-state index in [2.05, 4.69) is 32.2 Å². The largest absolute Gasteiger partial charge is 0.466 e. The molecule has 116 valence electrons. The Hall–Kier alpha value is -0.760. The lowest BCUT2D eigenvalue weighted by Crippen LogP contribution is -2.19. The number of hydrogen-bond acceptors (Lipinski definition) is 2.